The van der Waals surface area contributed by atoms with Crippen molar-refractivity contribution in [2.24, 2.45) is 0 Å². The van der Waals surface area contributed by atoms with Crippen LogP contribution in [-0.2, 0) is 4.74 Å². The van der Waals surface area contributed by atoms with E-state index in [2.05, 4.69) is 16.8 Å². The van der Waals surface area contributed by atoms with Crippen LogP contribution in [0, 0.1) is 0 Å². The van der Waals surface area contributed by atoms with E-state index < -0.39 is 0 Å². The third-order valence-electron chi connectivity index (χ3n) is 3.08. The Balaban J connectivity index is 0.000000531. The van der Waals surface area contributed by atoms with Crippen molar-refractivity contribution in [1.82, 2.24) is 9.80 Å². The Hall–Kier alpha value is -0.120. The molecule has 2 aliphatic rings. The molecular weight excluding hydrogens is 188 g/mol. The first-order chi connectivity index (χ1) is 7.34. The van der Waals surface area contributed by atoms with Gasteiger partial charge in [0.1, 0.15) is 0 Å². The van der Waals surface area contributed by atoms with Crippen LogP contribution in [0.25, 0.3) is 0 Å². The van der Waals surface area contributed by atoms with Crippen molar-refractivity contribution in [3.63, 3.8) is 0 Å². The number of piperazine rings is 1. The molecule has 2 heterocycles. The third-order valence-corrected chi connectivity index (χ3v) is 3.08. The Kier molecular flexibility index (Phi) is 6.22. The maximum atomic E-state index is 5.63. The number of hydrogen-bond donors (Lipinski definition) is 0. The highest BCUT2D eigenvalue weighted by Gasteiger charge is 2.21. The molecule has 0 aromatic heterocycles. The van der Waals surface area contributed by atoms with E-state index in [0.717, 1.165) is 13.2 Å². The highest BCUT2D eigenvalue weighted by Crippen LogP contribution is 2.13. The Labute approximate surface area is 94.4 Å². The Morgan fingerprint density at radius 1 is 1.13 bits per heavy atom. The van der Waals surface area contributed by atoms with Gasteiger partial charge < -0.3 is 9.64 Å². The fraction of sp³-hybridized carbons (Fsp3) is 1.00. The predicted molar refractivity (Wildman–Crippen MR) is 64.3 cm³/mol. The summed E-state index contributed by atoms with van der Waals surface area (Å²) in [6, 6.07) is 0. The summed E-state index contributed by atoms with van der Waals surface area (Å²) in [6.45, 7) is 11.0. The average molecular weight is 214 g/mol. The second kappa shape index (κ2) is 7.20. The standard InChI is InChI=1S/C10H20N2O.C2H6/c1-11-4-6-12(7-5-11)9-10-3-2-8-13-10;1-2/h10H,2-9H2,1H3;1-2H3. The topological polar surface area (TPSA) is 15.7 Å². The van der Waals surface area contributed by atoms with Gasteiger partial charge in [-0.3, -0.25) is 4.90 Å². The molecule has 90 valence electrons. The third kappa shape index (κ3) is 4.49. The lowest BCUT2D eigenvalue weighted by atomic mass is 10.2. The number of hydrogen-bond acceptors (Lipinski definition) is 3. The van der Waals surface area contributed by atoms with E-state index in [1.54, 1.807) is 0 Å². The van der Waals surface area contributed by atoms with Gasteiger partial charge in [0.25, 0.3) is 0 Å². The molecule has 0 spiro atoms. The first-order valence-electron chi connectivity index (χ1n) is 6.37. The van der Waals surface area contributed by atoms with Gasteiger partial charge in [0.15, 0.2) is 0 Å². The van der Waals surface area contributed by atoms with Crippen molar-refractivity contribution in [3.8, 4) is 0 Å². The van der Waals surface area contributed by atoms with Gasteiger partial charge in [-0.1, -0.05) is 13.8 Å². The molecule has 0 aromatic carbocycles. The zero-order valence-electron chi connectivity index (χ0n) is 10.5. The molecule has 2 aliphatic heterocycles. The van der Waals surface area contributed by atoms with Crippen LogP contribution in [0.5, 0.6) is 0 Å². The molecule has 0 amide bonds. The van der Waals surface area contributed by atoms with E-state index in [0.29, 0.717) is 6.10 Å². The van der Waals surface area contributed by atoms with Gasteiger partial charge in [-0.2, -0.15) is 0 Å². The van der Waals surface area contributed by atoms with Crippen LogP contribution >= 0.6 is 0 Å². The quantitative estimate of drug-likeness (QED) is 0.692. The highest BCUT2D eigenvalue weighted by molar-refractivity contribution is 4.74. The van der Waals surface area contributed by atoms with Crippen LogP contribution in [0.3, 0.4) is 0 Å². The van der Waals surface area contributed by atoms with Crippen molar-refractivity contribution in [2.45, 2.75) is 32.8 Å². The monoisotopic (exact) mass is 214 g/mol. The normalized spacial score (nSPS) is 28.6. The van der Waals surface area contributed by atoms with Crippen LogP contribution in [0.1, 0.15) is 26.7 Å². The molecule has 1 unspecified atom stereocenters. The van der Waals surface area contributed by atoms with Gasteiger partial charge in [0, 0.05) is 39.3 Å². The number of likely N-dealkylation sites (N-methyl/N-ethyl adjacent to an activating group) is 1. The summed E-state index contributed by atoms with van der Waals surface area (Å²) in [5.41, 5.74) is 0. The maximum absolute atomic E-state index is 5.63. The molecule has 0 bridgehead atoms. The molecule has 0 N–H and O–H groups in total. The molecule has 2 rings (SSSR count). The van der Waals surface area contributed by atoms with Crippen LogP contribution in [0.4, 0.5) is 0 Å². The van der Waals surface area contributed by atoms with Gasteiger partial charge >= 0.3 is 0 Å². The number of ether oxygens (including phenoxy) is 1. The van der Waals surface area contributed by atoms with Crippen LogP contribution in [-0.4, -0.2) is 62.3 Å². The summed E-state index contributed by atoms with van der Waals surface area (Å²) in [7, 11) is 2.20. The van der Waals surface area contributed by atoms with Crippen molar-refractivity contribution >= 4 is 0 Å². The Morgan fingerprint density at radius 3 is 2.33 bits per heavy atom. The van der Waals surface area contributed by atoms with Gasteiger partial charge in [-0.05, 0) is 19.9 Å². The van der Waals surface area contributed by atoms with Crippen molar-refractivity contribution in [3.05, 3.63) is 0 Å². The minimum absolute atomic E-state index is 0.531. The van der Waals surface area contributed by atoms with Crippen molar-refractivity contribution in [1.29, 1.82) is 0 Å². The molecule has 15 heavy (non-hydrogen) atoms. The molecule has 0 aliphatic carbocycles. The fourth-order valence-electron chi connectivity index (χ4n) is 2.11. The van der Waals surface area contributed by atoms with E-state index in [9.17, 15) is 0 Å². The summed E-state index contributed by atoms with van der Waals surface area (Å²) in [5, 5.41) is 0. The first-order valence-corrected chi connectivity index (χ1v) is 6.37. The minimum atomic E-state index is 0.531. The number of rotatable bonds is 2. The lowest BCUT2D eigenvalue weighted by Gasteiger charge is -2.33. The molecule has 3 nitrogen and oxygen atoms in total. The van der Waals surface area contributed by atoms with Gasteiger partial charge in [0.2, 0.25) is 0 Å². The Bertz CT molecular complexity index is 150. The van der Waals surface area contributed by atoms with E-state index in [1.165, 1.54) is 39.0 Å². The van der Waals surface area contributed by atoms with Gasteiger partial charge in [-0.25, -0.2) is 0 Å². The second-order valence-corrected chi connectivity index (χ2v) is 4.24. The molecule has 3 heteroatoms. The fourth-order valence-corrected chi connectivity index (χ4v) is 2.11. The van der Waals surface area contributed by atoms with Gasteiger partial charge in [0.05, 0.1) is 6.10 Å². The first kappa shape index (κ1) is 12.9. The zero-order valence-corrected chi connectivity index (χ0v) is 10.5. The second-order valence-electron chi connectivity index (χ2n) is 4.24. The van der Waals surface area contributed by atoms with Crippen molar-refractivity contribution in [2.75, 3.05) is 46.4 Å². The summed E-state index contributed by atoms with van der Waals surface area (Å²) >= 11 is 0. The highest BCUT2D eigenvalue weighted by atomic mass is 16.5. The average Bonchev–Trinajstić information content (AvgIpc) is 2.77. The largest absolute Gasteiger partial charge is 0.377 e. The van der Waals surface area contributed by atoms with E-state index in [-0.39, 0.29) is 0 Å². The Morgan fingerprint density at radius 2 is 1.80 bits per heavy atom. The summed E-state index contributed by atoms with van der Waals surface area (Å²) in [6.07, 6.45) is 3.06. The lowest BCUT2D eigenvalue weighted by Crippen LogP contribution is -2.46. The molecule has 0 saturated carbocycles. The molecule has 1 atom stereocenters. The van der Waals surface area contributed by atoms with Crippen LogP contribution in [0.15, 0.2) is 0 Å². The van der Waals surface area contributed by atoms with Crippen LogP contribution in [0.2, 0.25) is 0 Å². The van der Waals surface area contributed by atoms with Crippen LogP contribution < -0.4 is 0 Å². The van der Waals surface area contributed by atoms with Gasteiger partial charge in [-0.15, -0.1) is 0 Å². The smallest absolute Gasteiger partial charge is 0.0702 e. The summed E-state index contributed by atoms with van der Waals surface area (Å²) in [5.74, 6) is 0. The zero-order chi connectivity index (χ0) is 11.1. The molecule has 0 radical (unpaired) electrons. The molecule has 2 saturated heterocycles. The lowest BCUT2D eigenvalue weighted by molar-refractivity contribution is 0.0551. The van der Waals surface area contributed by atoms with E-state index in [4.69, 9.17) is 4.74 Å². The summed E-state index contributed by atoms with van der Waals surface area (Å²) < 4.78 is 5.63. The molecule has 0 aromatic rings. The summed E-state index contributed by atoms with van der Waals surface area (Å²) in [4.78, 5) is 4.93. The molecule has 2 fully saturated rings. The van der Waals surface area contributed by atoms with Crippen molar-refractivity contribution < 1.29 is 4.74 Å². The van der Waals surface area contributed by atoms with E-state index >= 15 is 0 Å². The number of nitrogens with zero attached hydrogens (tertiary/aromatic N) is 2. The maximum Gasteiger partial charge on any atom is 0.0702 e. The predicted octanol–water partition coefficient (Wildman–Crippen LogP) is 1.44. The van der Waals surface area contributed by atoms with E-state index in [1.807, 2.05) is 13.8 Å². The molecular formula is C12H26N2O. The SMILES string of the molecule is CC.CN1CCN(CC2CCCO2)CC1. The minimum Gasteiger partial charge on any atom is -0.377 e.